The van der Waals surface area contributed by atoms with Crippen molar-refractivity contribution in [3.63, 3.8) is 0 Å². The van der Waals surface area contributed by atoms with Crippen molar-refractivity contribution < 1.29 is 17.9 Å². The first-order chi connectivity index (χ1) is 13.3. The van der Waals surface area contributed by atoms with Crippen molar-refractivity contribution in [2.75, 3.05) is 12.4 Å². The van der Waals surface area contributed by atoms with Gasteiger partial charge in [-0.05, 0) is 66.8 Å². The lowest BCUT2D eigenvalue weighted by Gasteiger charge is -2.20. The SMILES string of the molecule is COc1ccc(S(=O)(=O)c2c(C)cc(NC(=O)C(C)(C)C)cc2C)cc1C(C)C. The monoisotopic (exact) mass is 417 g/mol. The largest absolute Gasteiger partial charge is 0.496 e. The van der Waals surface area contributed by atoms with Crippen LogP contribution in [0.25, 0.3) is 0 Å². The summed E-state index contributed by atoms with van der Waals surface area (Å²) >= 11 is 0. The maximum atomic E-state index is 13.4. The van der Waals surface area contributed by atoms with Crippen LogP contribution in [-0.2, 0) is 14.6 Å². The molecule has 2 rings (SSSR count). The van der Waals surface area contributed by atoms with Crippen molar-refractivity contribution in [1.82, 2.24) is 0 Å². The lowest BCUT2D eigenvalue weighted by atomic mass is 9.95. The van der Waals surface area contributed by atoms with Gasteiger partial charge in [-0.2, -0.15) is 0 Å². The first-order valence-corrected chi connectivity index (χ1v) is 11.1. The van der Waals surface area contributed by atoms with E-state index in [9.17, 15) is 13.2 Å². The summed E-state index contributed by atoms with van der Waals surface area (Å²) in [5.41, 5.74) is 2.09. The molecule has 5 nitrogen and oxygen atoms in total. The van der Waals surface area contributed by atoms with Gasteiger partial charge in [-0.1, -0.05) is 34.6 Å². The van der Waals surface area contributed by atoms with Crippen LogP contribution in [0.4, 0.5) is 5.69 Å². The third-order valence-electron chi connectivity index (χ3n) is 4.80. The Morgan fingerprint density at radius 1 is 1.03 bits per heavy atom. The molecule has 0 atom stereocenters. The first-order valence-electron chi connectivity index (χ1n) is 9.64. The van der Waals surface area contributed by atoms with Crippen molar-refractivity contribution in [1.29, 1.82) is 0 Å². The van der Waals surface area contributed by atoms with Crippen LogP contribution < -0.4 is 10.1 Å². The summed E-state index contributed by atoms with van der Waals surface area (Å²) in [4.78, 5) is 12.8. The van der Waals surface area contributed by atoms with E-state index in [0.717, 1.165) is 5.56 Å². The molecule has 158 valence electrons. The summed E-state index contributed by atoms with van der Waals surface area (Å²) in [7, 11) is -2.15. The van der Waals surface area contributed by atoms with Gasteiger partial charge in [-0.15, -0.1) is 0 Å². The average Bonchev–Trinajstić information content (AvgIpc) is 2.59. The second-order valence-corrected chi connectivity index (χ2v) is 10.6. The van der Waals surface area contributed by atoms with Gasteiger partial charge < -0.3 is 10.1 Å². The predicted molar refractivity (Wildman–Crippen MR) is 117 cm³/mol. The number of sulfone groups is 1. The zero-order valence-corrected chi connectivity index (χ0v) is 19.3. The molecule has 29 heavy (non-hydrogen) atoms. The summed E-state index contributed by atoms with van der Waals surface area (Å²) in [5.74, 6) is 0.675. The Kier molecular flexibility index (Phi) is 6.48. The van der Waals surface area contributed by atoms with Crippen LogP contribution in [0.5, 0.6) is 5.75 Å². The van der Waals surface area contributed by atoms with Crippen molar-refractivity contribution in [2.24, 2.45) is 5.41 Å². The van der Waals surface area contributed by atoms with Gasteiger partial charge in [-0.3, -0.25) is 4.79 Å². The standard InChI is InChI=1S/C23H31NO4S/c1-14(2)19-13-18(9-10-20(19)28-8)29(26,27)21-15(3)11-17(12-16(21)4)24-22(25)23(5,6)7/h9-14H,1-8H3,(H,24,25). The molecule has 0 fully saturated rings. The molecule has 0 aliphatic carbocycles. The average molecular weight is 418 g/mol. The molecular weight excluding hydrogens is 386 g/mol. The summed E-state index contributed by atoms with van der Waals surface area (Å²) in [6.45, 7) is 13.0. The first kappa shape index (κ1) is 22.9. The van der Waals surface area contributed by atoms with E-state index in [0.29, 0.717) is 22.6 Å². The van der Waals surface area contributed by atoms with Crippen LogP contribution >= 0.6 is 0 Å². The number of hydrogen-bond acceptors (Lipinski definition) is 4. The van der Waals surface area contributed by atoms with Crippen LogP contribution in [-0.4, -0.2) is 21.4 Å². The number of amides is 1. The maximum Gasteiger partial charge on any atom is 0.229 e. The molecule has 0 aliphatic heterocycles. The van der Waals surface area contributed by atoms with Gasteiger partial charge in [0.2, 0.25) is 15.7 Å². The zero-order chi connectivity index (χ0) is 22.1. The molecule has 1 amide bonds. The number of benzene rings is 2. The summed E-state index contributed by atoms with van der Waals surface area (Å²) in [6, 6.07) is 8.37. The zero-order valence-electron chi connectivity index (χ0n) is 18.5. The van der Waals surface area contributed by atoms with Crippen molar-refractivity contribution >= 4 is 21.4 Å². The molecule has 0 saturated carbocycles. The summed E-state index contributed by atoms with van der Waals surface area (Å²) in [5, 5.41) is 2.87. The molecule has 0 heterocycles. The third kappa shape index (κ3) is 4.81. The van der Waals surface area contributed by atoms with Crippen molar-refractivity contribution in [2.45, 2.75) is 64.2 Å². The Balaban J connectivity index is 2.54. The Morgan fingerprint density at radius 2 is 1.59 bits per heavy atom. The summed E-state index contributed by atoms with van der Waals surface area (Å²) in [6.07, 6.45) is 0. The number of carbonyl (C=O) groups is 1. The highest BCUT2D eigenvalue weighted by Gasteiger charge is 2.26. The van der Waals surface area contributed by atoms with Crippen molar-refractivity contribution in [3.05, 3.63) is 47.0 Å². The van der Waals surface area contributed by atoms with E-state index in [4.69, 9.17) is 4.74 Å². The number of anilines is 1. The van der Waals surface area contributed by atoms with Gasteiger partial charge in [-0.25, -0.2) is 8.42 Å². The van der Waals surface area contributed by atoms with E-state index in [1.54, 1.807) is 51.3 Å². The Hall–Kier alpha value is -2.34. The van der Waals surface area contributed by atoms with Gasteiger partial charge in [0.1, 0.15) is 5.75 Å². The fraction of sp³-hybridized carbons (Fsp3) is 0.435. The van der Waals surface area contributed by atoms with E-state index in [-0.39, 0.29) is 21.6 Å². The van der Waals surface area contributed by atoms with Gasteiger partial charge in [0.15, 0.2) is 0 Å². The molecule has 2 aromatic carbocycles. The van der Waals surface area contributed by atoms with Gasteiger partial charge in [0, 0.05) is 11.1 Å². The highest BCUT2D eigenvalue weighted by atomic mass is 32.2. The Bertz CT molecular complexity index is 1010. The molecule has 2 aromatic rings. The molecule has 1 N–H and O–H groups in total. The molecule has 0 aliphatic rings. The number of rotatable bonds is 5. The second-order valence-electron chi connectivity index (χ2n) is 8.71. The normalized spacial score (nSPS) is 12.2. The lowest BCUT2D eigenvalue weighted by molar-refractivity contribution is -0.123. The summed E-state index contributed by atoms with van der Waals surface area (Å²) < 4.78 is 32.2. The van der Waals surface area contributed by atoms with Crippen LogP contribution in [0.1, 0.15) is 57.2 Å². The smallest absolute Gasteiger partial charge is 0.229 e. The molecular formula is C23H31NO4S. The van der Waals surface area contributed by atoms with Crippen LogP contribution in [0.15, 0.2) is 40.1 Å². The van der Waals surface area contributed by atoms with E-state index in [2.05, 4.69) is 5.32 Å². The van der Waals surface area contributed by atoms with Gasteiger partial charge in [0.25, 0.3) is 0 Å². The number of hydrogen-bond donors (Lipinski definition) is 1. The highest BCUT2D eigenvalue weighted by molar-refractivity contribution is 7.91. The van der Waals surface area contributed by atoms with E-state index in [1.807, 2.05) is 34.6 Å². The molecule has 0 spiro atoms. The number of nitrogens with one attached hydrogen (secondary N) is 1. The minimum absolute atomic E-state index is 0.122. The number of aryl methyl sites for hydroxylation is 2. The fourth-order valence-corrected chi connectivity index (χ4v) is 4.94. The van der Waals surface area contributed by atoms with E-state index >= 15 is 0 Å². The van der Waals surface area contributed by atoms with Gasteiger partial charge in [0.05, 0.1) is 16.9 Å². The van der Waals surface area contributed by atoms with Crippen molar-refractivity contribution in [3.8, 4) is 5.75 Å². The van der Waals surface area contributed by atoms with E-state index < -0.39 is 15.3 Å². The van der Waals surface area contributed by atoms with E-state index in [1.165, 1.54) is 0 Å². The maximum absolute atomic E-state index is 13.4. The molecule has 0 bridgehead atoms. The highest BCUT2D eigenvalue weighted by Crippen LogP contribution is 2.34. The quantitative estimate of drug-likeness (QED) is 0.721. The minimum atomic E-state index is -3.72. The predicted octanol–water partition coefficient (Wildman–Crippen LogP) is 5.25. The fourth-order valence-electron chi connectivity index (χ4n) is 3.21. The number of methoxy groups -OCH3 is 1. The molecule has 0 unspecified atom stereocenters. The van der Waals surface area contributed by atoms with Crippen LogP contribution in [0.2, 0.25) is 0 Å². The topological polar surface area (TPSA) is 72.5 Å². The molecule has 0 radical (unpaired) electrons. The molecule has 0 aromatic heterocycles. The Morgan fingerprint density at radius 3 is 2.03 bits per heavy atom. The second kappa shape index (κ2) is 8.19. The molecule has 6 heteroatoms. The number of ether oxygens (including phenoxy) is 1. The third-order valence-corrected chi connectivity index (χ3v) is 6.86. The minimum Gasteiger partial charge on any atom is -0.496 e. The number of carbonyl (C=O) groups excluding carboxylic acids is 1. The van der Waals surface area contributed by atoms with Crippen LogP contribution in [0.3, 0.4) is 0 Å². The Labute approximate surface area is 174 Å². The lowest BCUT2D eigenvalue weighted by Crippen LogP contribution is -2.27. The molecule has 0 saturated heterocycles. The van der Waals surface area contributed by atoms with Crippen LogP contribution in [0, 0.1) is 19.3 Å². The van der Waals surface area contributed by atoms with Gasteiger partial charge >= 0.3 is 0 Å².